The number of ether oxygens (including phenoxy) is 1. The Hall–Kier alpha value is -0.790. The van der Waals surface area contributed by atoms with Crippen molar-refractivity contribution in [1.29, 1.82) is 0 Å². The Kier molecular flexibility index (Phi) is 8.30. The molecule has 0 spiro atoms. The van der Waals surface area contributed by atoms with Crippen molar-refractivity contribution in [2.24, 2.45) is 0 Å². The van der Waals surface area contributed by atoms with Crippen LogP contribution < -0.4 is 0 Å². The zero-order chi connectivity index (χ0) is 10.8. The van der Waals surface area contributed by atoms with Crippen LogP contribution in [0.4, 0.5) is 0 Å². The molecule has 0 heterocycles. The minimum atomic E-state index is -0.226. The molecule has 0 aromatic heterocycles. The van der Waals surface area contributed by atoms with E-state index in [1.807, 2.05) is 13.8 Å². The second-order valence-electron chi connectivity index (χ2n) is 3.60. The lowest BCUT2D eigenvalue weighted by Crippen LogP contribution is -2.12. The molecule has 82 valence electrons. The van der Waals surface area contributed by atoms with Gasteiger partial charge < -0.3 is 4.74 Å². The maximum atomic E-state index is 11.0. The summed E-state index contributed by atoms with van der Waals surface area (Å²) >= 11 is 0. The zero-order valence-corrected chi connectivity index (χ0v) is 9.58. The quantitative estimate of drug-likeness (QED) is 0.356. The summed E-state index contributed by atoms with van der Waals surface area (Å²) in [5.41, 5.74) is 0. The topological polar surface area (TPSA) is 26.3 Å². The van der Waals surface area contributed by atoms with Gasteiger partial charge in [-0.1, -0.05) is 32.3 Å². The van der Waals surface area contributed by atoms with Gasteiger partial charge in [-0.2, -0.15) is 0 Å². The summed E-state index contributed by atoms with van der Waals surface area (Å²) in [6.45, 7) is 5.95. The van der Waals surface area contributed by atoms with Gasteiger partial charge in [0, 0.05) is 6.08 Å². The number of carbonyl (C=O) groups excluding carboxylic acids is 1. The molecule has 0 saturated carbocycles. The average molecular weight is 198 g/mol. The smallest absolute Gasteiger partial charge is 0.330 e. The Morgan fingerprint density at radius 3 is 2.64 bits per heavy atom. The predicted molar refractivity (Wildman–Crippen MR) is 59.1 cm³/mol. The Labute approximate surface area is 87.3 Å². The molecule has 0 fully saturated rings. The van der Waals surface area contributed by atoms with E-state index < -0.39 is 0 Å². The monoisotopic (exact) mass is 198 g/mol. The standard InChI is InChI=1S/C12H22O2/c1-4-6-7-8-10-11(3)14-12(13)9-5-2/h5,9,11H,4,6-8,10H2,1-3H3/b9-5+/t11-/m1/s1. The van der Waals surface area contributed by atoms with Crippen LogP contribution in [-0.2, 0) is 9.53 Å². The van der Waals surface area contributed by atoms with Gasteiger partial charge in [0.15, 0.2) is 0 Å². The first kappa shape index (κ1) is 13.2. The first-order chi connectivity index (χ1) is 6.70. The molecular formula is C12H22O2. The molecule has 0 bridgehead atoms. The summed E-state index contributed by atoms with van der Waals surface area (Å²) in [7, 11) is 0. The lowest BCUT2D eigenvalue weighted by molar-refractivity contribution is -0.142. The maximum Gasteiger partial charge on any atom is 0.330 e. The van der Waals surface area contributed by atoms with Crippen LogP contribution in [0.1, 0.15) is 52.9 Å². The lowest BCUT2D eigenvalue weighted by atomic mass is 10.1. The van der Waals surface area contributed by atoms with Gasteiger partial charge in [0.05, 0.1) is 6.10 Å². The van der Waals surface area contributed by atoms with E-state index in [4.69, 9.17) is 4.74 Å². The average Bonchev–Trinajstić information content (AvgIpc) is 2.13. The van der Waals surface area contributed by atoms with Crippen LogP contribution in [0.15, 0.2) is 12.2 Å². The number of carbonyl (C=O) groups is 1. The third-order valence-corrected chi connectivity index (χ3v) is 2.08. The molecule has 0 aromatic rings. The largest absolute Gasteiger partial charge is 0.460 e. The summed E-state index contributed by atoms with van der Waals surface area (Å²) in [5, 5.41) is 0. The molecule has 0 aliphatic rings. The van der Waals surface area contributed by atoms with Gasteiger partial charge in [0.2, 0.25) is 0 Å². The van der Waals surface area contributed by atoms with E-state index in [1.54, 1.807) is 6.08 Å². The van der Waals surface area contributed by atoms with E-state index >= 15 is 0 Å². The first-order valence-corrected chi connectivity index (χ1v) is 5.54. The van der Waals surface area contributed by atoms with E-state index in [0.29, 0.717) is 0 Å². The van der Waals surface area contributed by atoms with Crippen molar-refractivity contribution >= 4 is 5.97 Å². The van der Waals surface area contributed by atoms with Gasteiger partial charge in [-0.3, -0.25) is 0 Å². The Morgan fingerprint density at radius 1 is 1.36 bits per heavy atom. The molecule has 2 heteroatoms. The highest BCUT2D eigenvalue weighted by Gasteiger charge is 2.05. The number of hydrogen-bond donors (Lipinski definition) is 0. The number of rotatable bonds is 7. The van der Waals surface area contributed by atoms with Crippen LogP contribution in [0.5, 0.6) is 0 Å². The molecule has 0 rings (SSSR count). The van der Waals surface area contributed by atoms with E-state index in [9.17, 15) is 4.79 Å². The maximum absolute atomic E-state index is 11.0. The molecule has 0 N–H and O–H groups in total. The van der Waals surface area contributed by atoms with Gasteiger partial charge >= 0.3 is 5.97 Å². The lowest BCUT2D eigenvalue weighted by Gasteiger charge is -2.11. The van der Waals surface area contributed by atoms with Gasteiger partial charge in [0.25, 0.3) is 0 Å². The van der Waals surface area contributed by atoms with E-state index in [0.717, 1.165) is 12.8 Å². The molecule has 0 unspecified atom stereocenters. The van der Waals surface area contributed by atoms with E-state index in [2.05, 4.69) is 6.92 Å². The molecular weight excluding hydrogens is 176 g/mol. The third kappa shape index (κ3) is 7.84. The van der Waals surface area contributed by atoms with Crippen LogP contribution in [0.3, 0.4) is 0 Å². The summed E-state index contributed by atoms with van der Waals surface area (Å²) in [4.78, 5) is 11.0. The number of hydrogen-bond acceptors (Lipinski definition) is 2. The van der Waals surface area contributed by atoms with Gasteiger partial charge in [-0.05, 0) is 26.7 Å². The van der Waals surface area contributed by atoms with E-state index in [-0.39, 0.29) is 12.1 Å². The van der Waals surface area contributed by atoms with Gasteiger partial charge in [0.1, 0.15) is 0 Å². The zero-order valence-electron chi connectivity index (χ0n) is 9.58. The summed E-state index contributed by atoms with van der Waals surface area (Å²) in [6.07, 6.45) is 9.09. The second kappa shape index (κ2) is 8.79. The minimum Gasteiger partial charge on any atom is -0.460 e. The Bertz CT molecular complexity index is 173. The van der Waals surface area contributed by atoms with Crippen molar-refractivity contribution in [1.82, 2.24) is 0 Å². The van der Waals surface area contributed by atoms with Gasteiger partial charge in [-0.15, -0.1) is 0 Å². The Morgan fingerprint density at radius 2 is 2.07 bits per heavy atom. The highest BCUT2D eigenvalue weighted by atomic mass is 16.5. The van der Waals surface area contributed by atoms with Gasteiger partial charge in [-0.25, -0.2) is 4.79 Å². The van der Waals surface area contributed by atoms with Crippen LogP contribution in [-0.4, -0.2) is 12.1 Å². The second-order valence-corrected chi connectivity index (χ2v) is 3.60. The van der Waals surface area contributed by atoms with Crippen molar-refractivity contribution in [2.75, 3.05) is 0 Å². The minimum absolute atomic E-state index is 0.0514. The van der Waals surface area contributed by atoms with Crippen molar-refractivity contribution < 1.29 is 9.53 Å². The predicted octanol–water partition coefficient (Wildman–Crippen LogP) is 3.46. The molecule has 0 radical (unpaired) electrons. The summed E-state index contributed by atoms with van der Waals surface area (Å²) in [5.74, 6) is -0.226. The molecule has 0 aliphatic heterocycles. The van der Waals surface area contributed by atoms with Crippen molar-refractivity contribution in [2.45, 2.75) is 59.0 Å². The first-order valence-electron chi connectivity index (χ1n) is 5.54. The molecule has 0 aliphatic carbocycles. The molecule has 0 saturated heterocycles. The van der Waals surface area contributed by atoms with E-state index in [1.165, 1.54) is 25.3 Å². The van der Waals surface area contributed by atoms with Crippen molar-refractivity contribution in [3.8, 4) is 0 Å². The fourth-order valence-electron chi connectivity index (χ4n) is 1.29. The highest BCUT2D eigenvalue weighted by Crippen LogP contribution is 2.08. The molecule has 0 aromatic carbocycles. The summed E-state index contributed by atoms with van der Waals surface area (Å²) < 4.78 is 5.15. The molecule has 0 amide bonds. The van der Waals surface area contributed by atoms with Crippen LogP contribution in [0.2, 0.25) is 0 Å². The number of unbranched alkanes of at least 4 members (excludes halogenated alkanes) is 3. The molecule has 1 atom stereocenters. The molecule has 14 heavy (non-hydrogen) atoms. The fraction of sp³-hybridized carbons (Fsp3) is 0.750. The highest BCUT2D eigenvalue weighted by molar-refractivity contribution is 5.81. The van der Waals surface area contributed by atoms with Crippen molar-refractivity contribution in [3.05, 3.63) is 12.2 Å². The fourth-order valence-corrected chi connectivity index (χ4v) is 1.29. The SMILES string of the molecule is C/C=C/C(=O)O[C@H](C)CCCCCC. The number of allylic oxidation sites excluding steroid dienone is 1. The van der Waals surface area contributed by atoms with Crippen molar-refractivity contribution in [3.63, 3.8) is 0 Å². The van der Waals surface area contributed by atoms with Crippen LogP contribution in [0.25, 0.3) is 0 Å². The Balaban J connectivity index is 3.44. The number of esters is 1. The van der Waals surface area contributed by atoms with Crippen LogP contribution >= 0.6 is 0 Å². The van der Waals surface area contributed by atoms with Crippen LogP contribution in [0, 0.1) is 0 Å². The normalized spacial score (nSPS) is 13.1. The third-order valence-electron chi connectivity index (χ3n) is 2.08. The molecule has 2 nitrogen and oxygen atoms in total. The summed E-state index contributed by atoms with van der Waals surface area (Å²) in [6, 6.07) is 0.